The van der Waals surface area contributed by atoms with Crippen molar-refractivity contribution in [2.75, 3.05) is 6.61 Å². The molecule has 1 aliphatic carbocycles. The number of H-pyrrole nitrogens is 1. The molecule has 3 rings (SSSR count). The maximum Gasteiger partial charge on any atom is 0.407 e. The highest BCUT2D eigenvalue weighted by atomic mass is 16.5. The molecule has 0 aliphatic heterocycles. The molecule has 2 atom stereocenters. The molecule has 1 aromatic carbocycles. The predicted octanol–water partition coefficient (Wildman–Crippen LogP) is 2.26. The Bertz CT molecular complexity index is 635. The first kappa shape index (κ1) is 13.0. The molecule has 2 aromatic rings. The Kier molecular flexibility index (Phi) is 3.36. The van der Waals surface area contributed by atoms with Gasteiger partial charge in [-0.15, -0.1) is 0 Å². The van der Waals surface area contributed by atoms with E-state index in [0.717, 1.165) is 22.9 Å². The van der Waals surface area contributed by atoms with Gasteiger partial charge in [0.1, 0.15) is 0 Å². The number of carbonyl (C=O) groups is 1. The second-order valence-corrected chi connectivity index (χ2v) is 5.04. The van der Waals surface area contributed by atoms with E-state index in [-0.39, 0.29) is 6.04 Å². The van der Waals surface area contributed by atoms with Gasteiger partial charge in [-0.25, -0.2) is 4.79 Å². The maximum atomic E-state index is 11.6. The zero-order chi connectivity index (χ0) is 14.1. The number of benzene rings is 1. The molecule has 0 unspecified atom stereocenters. The third-order valence-electron chi connectivity index (χ3n) is 3.82. The largest absolute Gasteiger partial charge is 0.450 e. The van der Waals surface area contributed by atoms with Crippen LogP contribution in [0.15, 0.2) is 24.4 Å². The van der Waals surface area contributed by atoms with Crippen LogP contribution in [0.4, 0.5) is 4.79 Å². The van der Waals surface area contributed by atoms with Gasteiger partial charge in [-0.1, -0.05) is 12.1 Å². The Balaban J connectivity index is 1.92. The molecule has 1 aromatic heterocycles. The average molecular weight is 274 g/mol. The van der Waals surface area contributed by atoms with Gasteiger partial charge in [0, 0.05) is 17.1 Å². The van der Waals surface area contributed by atoms with E-state index in [9.17, 15) is 9.90 Å². The monoisotopic (exact) mass is 274 g/mol. The molecule has 1 amide bonds. The van der Waals surface area contributed by atoms with Gasteiger partial charge in [-0.2, -0.15) is 0 Å². The Hall–Kier alpha value is -2.01. The Morgan fingerprint density at radius 3 is 3.20 bits per heavy atom. The standard InChI is InChI=1S/C15H18N2O3/c1-2-20-15(19)17-12-7-6-9-8-16-11-5-3-4-10(13(9)11)14(12)18/h3-5,8,12,14,16,18H,2,6-7H2,1H3,(H,17,19)/t12-,14+/m0/s1. The fourth-order valence-corrected chi connectivity index (χ4v) is 2.89. The third-order valence-corrected chi connectivity index (χ3v) is 3.82. The van der Waals surface area contributed by atoms with Gasteiger partial charge in [-0.3, -0.25) is 0 Å². The third kappa shape index (κ3) is 2.14. The zero-order valence-corrected chi connectivity index (χ0v) is 11.3. The van der Waals surface area contributed by atoms with Gasteiger partial charge >= 0.3 is 6.09 Å². The molecule has 5 nitrogen and oxygen atoms in total. The van der Waals surface area contributed by atoms with E-state index in [1.807, 2.05) is 24.4 Å². The van der Waals surface area contributed by atoms with Crippen molar-refractivity contribution in [3.05, 3.63) is 35.5 Å². The molecule has 106 valence electrons. The van der Waals surface area contributed by atoms with Crippen LogP contribution in [0.1, 0.15) is 30.6 Å². The first-order valence-electron chi connectivity index (χ1n) is 6.91. The summed E-state index contributed by atoms with van der Waals surface area (Å²) < 4.78 is 4.90. The maximum absolute atomic E-state index is 11.6. The van der Waals surface area contributed by atoms with E-state index < -0.39 is 12.2 Å². The topological polar surface area (TPSA) is 74.3 Å². The van der Waals surface area contributed by atoms with Crippen molar-refractivity contribution in [3.8, 4) is 0 Å². The number of aromatic amines is 1. The van der Waals surface area contributed by atoms with Gasteiger partial charge in [-0.05, 0) is 37.0 Å². The lowest BCUT2D eigenvalue weighted by Gasteiger charge is -2.22. The molecule has 0 saturated heterocycles. The number of aryl methyl sites for hydroxylation is 1. The normalized spacial score (nSPS) is 21.5. The van der Waals surface area contributed by atoms with Gasteiger partial charge in [0.05, 0.1) is 18.8 Å². The molecule has 3 N–H and O–H groups in total. The number of carbonyl (C=O) groups excluding carboxylic acids is 1. The van der Waals surface area contributed by atoms with Crippen LogP contribution < -0.4 is 5.32 Å². The van der Waals surface area contributed by atoms with Crippen LogP contribution in [0.25, 0.3) is 10.9 Å². The van der Waals surface area contributed by atoms with Crippen molar-refractivity contribution in [1.29, 1.82) is 0 Å². The number of rotatable bonds is 2. The van der Waals surface area contributed by atoms with E-state index in [4.69, 9.17) is 4.74 Å². The van der Waals surface area contributed by atoms with E-state index in [1.54, 1.807) is 6.92 Å². The van der Waals surface area contributed by atoms with Gasteiger partial charge in [0.2, 0.25) is 0 Å². The van der Waals surface area contributed by atoms with Crippen molar-refractivity contribution in [2.24, 2.45) is 0 Å². The summed E-state index contributed by atoms with van der Waals surface area (Å²) in [5.74, 6) is 0. The summed E-state index contributed by atoms with van der Waals surface area (Å²) in [4.78, 5) is 14.8. The molecule has 0 bridgehead atoms. The van der Waals surface area contributed by atoms with Gasteiger partial charge < -0.3 is 20.1 Å². The molecule has 20 heavy (non-hydrogen) atoms. The molecule has 0 radical (unpaired) electrons. The lowest BCUT2D eigenvalue weighted by Crippen LogP contribution is -2.39. The van der Waals surface area contributed by atoms with Crippen LogP contribution in [0, 0.1) is 0 Å². The summed E-state index contributed by atoms with van der Waals surface area (Å²) in [7, 11) is 0. The number of amides is 1. The van der Waals surface area contributed by atoms with E-state index in [1.165, 1.54) is 5.56 Å². The zero-order valence-electron chi connectivity index (χ0n) is 11.3. The minimum Gasteiger partial charge on any atom is -0.450 e. The van der Waals surface area contributed by atoms with Crippen molar-refractivity contribution >= 4 is 17.0 Å². The number of ether oxygens (including phenoxy) is 1. The van der Waals surface area contributed by atoms with E-state index in [2.05, 4.69) is 10.3 Å². The molecule has 1 heterocycles. The molecule has 0 saturated carbocycles. The summed E-state index contributed by atoms with van der Waals surface area (Å²) in [6, 6.07) is 5.49. The smallest absolute Gasteiger partial charge is 0.407 e. The predicted molar refractivity (Wildman–Crippen MR) is 75.5 cm³/mol. The van der Waals surface area contributed by atoms with Gasteiger partial charge in [0.25, 0.3) is 0 Å². The highest BCUT2D eigenvalue weighted by Gasteiger charge is 2.28. The van der Waals surface area contributed by atoms with Crippen LogP contribution in [-0.2, 0) is 11.2 Å². The van der Waals surface area contributed by atoms with Crippen LogP contribution in [0.3, 0.4) is 0 Å². The van der Waals surface area contributed by atoms with Gasteiger partial charge in [0.15, 0.2) is 0 Å². The average Bonchev–Trinajstić information content (AvgIpc) is 2.80. The minimum absolute atomic E-state index is 0.324. The first-order valence-corrected chi connectivity index (χ1v) is 6.91. The molecule has 5 heteroatoms. The van der Waals surface area contributed by atoms with Crippen molar-refractivity contribution < 1.29 is 14.6 Å². The summed E-state index contributed by atoms with van der Waals surface area (Å²) >= 11 is 0. The molecule has 0 fully saturated rings. The van der Waals surface area contributed by atoms with E-state index >= 15 is 0 Å². The first-order chi connectivity index (χ1) is 9.70. The molecular weight excluding hydrogens is 256 g/mol. The van der Waals surface area contributed by atoms with Crippen molar-refractivity contribution in [1.82, 2.24) is 10.3 Å². The summed E-state index contributed by atoms with van der Waals surface area (Å²) in [6.07, 6.45) is 2.28. The van der Waals surface area contributed by atoms with E-state index in [0.29, 0.717) is 13.0 Å². The van der Waals surface area contributed by atoms with Crippen LogP contribution in [-0.4, -0.2) is 28.8 Å². The number of aromatic nitrogens is 1. The number of hydrogen-bond donors (Lipinski definition) is 3. The highest BCUT2D eigenvalue weighted by Crippen LogP contribution is 2.34. The quantitative estimate of drug-likeness (QED) is 0.786. The second kappa shape index (κ2) is 5.17. The molecule has 1 aliphatic rings. The number of hydrogen-bond acceptors (Lipinski definition) is 3. The second-order valence-electron chi connectivity index (χ2n) is 5.04. The number of aliphatic hydroxyl groups is 1. The number of nitrogens with one attached hydrogen (secondary N) is 2. The fourth-order valence-electron chi connectivity index (χ4n) is 2.89. The Morgan fingerprint density at radius 1 is 1.55 bits per heavy atom. The minimum atomic E-state index is -0.722. The summed E-state index contributed by atoms with van der Waals surface area (Å²) in [5, 5.41) is 14.4. The number of alkyl carbamates (subject to hydrolysis) is 1. The number of aliphatic hydroxyl groups excluding tert-OH is 1. The summed E-state index contributed by atoms with van der Waals surface area (Å²) in [6.45, 7) is 2.08. The lowest BCUT2D eigenvalue weighted by molar-refractivity contribution is 0.106. The van der Waals surface area contributed by atoms with Crippen LogP contribution in [0.5, 0.6) is 0 Å². The molecule has 0 spiro atoms. The fraction of sp³-hybridized carbons (Fsp3) is 0.400. The SMILES string of the molecule is CCOC(=O)N[C@H]1CCc2c[nH]c3cccc(c23)[C@H]1O. The van der Waals surface area contributed by atoms with Crippen molar-refractivity contribution in [3.63, 3.8) is 0 Å². The highest BCUT2D eigenvalue weighted by molar-refractivity contribution is 5.87. The molecular formula is C15H18N2O3. The van der Waals surface area contributed by atoms with Crippen LogP contribution in [0.2, 0.25) is 0 Å². The lowest BCUT2D eigenvalue weighted by atomic mass is 10.00. The Morgan fingerprint density at radius 2 is 2.40 bits per heavy atom. The summed E-state index contributed by atoms with van der Waals surface area (Å²) in [5.41, 5.74) is 3.06. The Labute approximate surface area is 116 Å². The van der Waals surface area contributed by atoms with Crippen molar-refractivity contribution in [2.45, 2.75) is 31.9 Å². The van der Waals surface area contributed by atoms with Crippen LogP contribution >= 0.6 is 0 Å².